The molecule has 5 aliphatic carbocycles. The van der Waals surface area contributed by atoms with E-state index in [1.807, 2.05) is 11.8 Å². The van der Waals surface area contributed by atoms with Crippen LogP contribution in [0.15, 0.2) is 132 Å². The molecule has 0 fully saturated rings. The van der Waals surface area contributed by atoms with E-state index in [0.717, 1.165) is 0 Å². The molecular weight excluding hydrogens is 476 g/mol. The van der Waals surface area contributed by atoms with Crippen LogP contribution in [0.2, 0.25) is 0 Å². The fraction of sp³-hybridized carbons (Fsp3) is 0.297. The second kappa shape index (κ2) is 8.48. The lowest BCUT2D eigenvalue weighted by molar-refractivity contribution is -0.00248. The maximum atomic E-state index is 2.55. The van der Waals surface area contributed by atoms with Crippen LogP contribution in [0.1, 0.15) is 45.7 Å². The second-order valence-corrected chi connectivity index (χ2v) is 13.7. The molecule has 0 radical (unpaired) electrons. The number of hydrogen-bond donors (Lipinski definition) is 0. The van der Waals surface area contributed by atoms with Crippen LogP contribution in [0.4, 0.5) is 0 Å². The Balaban J connectivity index is 1.39. The second-order valence-electron chi connectivity index (χ2n) is 12.4. The smallest absolute Gasteiger partial charge is 0.0493 e. The van der Waals surface area contributed by atoms with Gasteiger partial charge in [0.05, 0.1) is 0 Å². The third-order valence-corrected chi connectivity index (χ3v) is 11.6. The molecule has 0 amide bonds. The van der Waals surface area contributed by atoms with E-state index < -0.39 is 0 Å². The molecular formula is C37H38S. The van der Waals surface area contributed by atoms with Crippen molar-refractivity contribution in [2.75, 3.05) is 6.26 Å². The van der Waals surface area contributed by atoms with Gasteiger partial charge in [0.25, 0.3) is 0 Å². The van der Waals surface area contributed by atoms with E-state index in [1.54, 1.807) is 0 Å². The van der Waals surface area contributed by atoms with Crippen molar-refractivity contribution in [3.63, 3.8) is 0 Å². The molecule has 0 spiro atoms. The topological polar surface area (TPSA) is 0 Å². The summed E-state index contributed by atoms with van der Waals surface area (Å²) in [5.41, 5.74) is 7.60. The number of thioether (sulfide) groups is 1. The number of allylic oxidation sites excluding steroid dienone is 17. The highest BCUT2D eigenvalue weighted by Gasteiger charge is 2.67. The van der Waals surface area contributed by atoms with Gasteiger partial charge in [0, 0.05) is 21.0 Å². The lowest BCUT2D eigenvalue weighted by atomic mass is 9.36. The molecule has 1 aromatic rings. The highest BCUT2D eigenvalue weighted by molar-refractivity contribution is 8.00. The zero-order valence-electron chi connectivity index (χ0n) is 23.5. The summed E-state index contributed by atoms with van der Waals surface area (Å²) in [6, 6.07) is 8.86. The third kappa shape index (κ3) is 3.31. The Morgan fingerprint density at radius 1 is 0.711 bits per heavy atom. The quantitative estimate of drug-likeness (QED) is 0.385. The summed E-state index contributed by atoms with van der Waals surface area (Å²) in [4.78, 5) is 0. The van der Waals surface area contributed by atoms with Gasteiger partial charge in [-0.2, -0.15) is 11.8 Å². The van der Waals surface area contributed by atoms with Gasteiger partial charge in [0.1, 0.15) is 0 Å². The molecule has 5 aliphatic rings. The van der Waals surface area contributed by atoms with E-state index in [4.69, 9.17) is 0 Å². The van der Waals surface area contributed by atoms with Crippen LogP contribution in [0, 0.1) is 21.7 Å². The standard InChI is InChI=1S/C37H38S/c1-33(2,34(3)21-9-13-27(19-24-34)28-14-10-22-35(4,38-6)25-20-28)37-23-11-16-32-31-15-8-7-12-29(31)17-18-30(26-37)36(32,37)5/h7-26H,1-6H3. The zero-order valence-corrected chi connectivity index (χ0v) is 24.3. The molecule has 4 atom stereocenters. The Morgan fingerprint density at radius 3 is 2.16 bits per heavy atom. The minimum atomic E-state index is -0.156. The molecule has 38 heavy (non-hydrogen) atoms. The average molecular weight is 515 g/mol. The lowest BCUT2D eigenvalue weighted by Crippen LogP contribution is -2.60. The number of benzene rings is 1. The first-order chi connectivity index (χ1) is 18.1. The highest BCUT2D eigenvalue weighted by Crippen LogP contribution is 2.75. The van der Waals surface area contributed by atoms with Gasteiger partial charge >= 0.3 is 0 Å². The summed E-state index contributed by atoms with van der Waals surface area (Å²) in [5, 5.41) is 0. The molecule has 0 saturated heterocycles. The first kappa shape index (κ1) is 25.3. The fourth-order valence-electron chi connectivity index (χ4n) is 7.22. The van der Waals surface area contributed by atoms with Crippen LogP contribution in [-0.2, 0) is 0 Å². The SMILES string of the molecule is CSC1(C)C=CC=C(C2=CC=CC(C)(C(C)(C)C34C=CC=C5c6ccccc6C=CC(=C3)C54C)C=C2)C=C1. The molecule has 0 bridgehead atoms. The molecule has 0 N–H and O–H groups in total. The minimum absolute atomic E-state index is 0.0345. The summed E-state index contributed by atoms with van der Waals surface area (Å²) in [7, 11) is 0. The van der Waals surface area contributed by atoms with Crippen molar-refractivity contribution in [3.05, 3.63) is 143 Å². The Hall–Kier alpha value is -3.03. The van der Waals surface area contributed by atoms with Gasteiger partial charge in [-0.05, 0) is 52.0 Å². The van der Waals surface area contributed by atoms with E-state index in [2.05, 4.69) is 162 Å². The predicted octanol–water partition coefficient (Wildman–Crippen LogP) is 9.86. The van der Waals surface area contributed by atoms with Crippen molar-refractivity contribution >= 4 is 23.4 Å². The summed E-state index contributed by atoms with van der Waals surface area (Å²) in [5.74, 6) is 0. The van der Waals surface area contributed by atoms with Gasteiger partial charge in [0.15, 0.2) is 0 Å². The van der Waals surface area contributed by atoms with Gasteiger partial charge in [-0.15, -0.1) is 0 Å². The third-order valence-electron chi connectivity index (χ3n) is 10.4. The summed E-state index contributed by atoms with van der Waals surface area (Å²) in [6.07, 6.45) is 39.6. The molecule has 192 valence electrons. The van der Waals surface area contributed by atoms with E-state index in [1.165, 1.54) is 33.4 Å². The largest absolute Gasteiger partial charge is 0.150 e. The van der Waals surface area contributed by atoms with Crippen molar-refractivity contribution in [1.82, 2.24) is 0 Å². The van der Waals surface area contributed by atoms with Gasteiger partial charge < -0.3 is 0 Å². The number of hydrogen-bond acceptors (Lipinski definition) is 1. The monoisotopic (exact) mass is 514 g/mol. The highest BCUT2D eigenvalue weighted by atomic mass is 32.2. The maximum absolute atomic E-state index is 2.55. The number of rotatable bonds is 4. The van der Waals surface area contributed by atoms with Gasteiger partial charge in [0.2, 0.25) is 0 Å². The van der Waals surface area contributed by atoms with Crippen molar-refractivity contribution in [2.24, 2.45) is 21.7 Å². The summed E-state index contributed by atoms with van der Waals surface area (Å²) >= 11 is 1.86. The van der Waals surface area contributed by atoms with E-state index in [9.17, 15) is 0 Å². The Labute approximate surface area is 233 Å². The molecule has 4 unspecified atom stereocenters. The van der Waals surface area contributed by atoms with Crippen LogP contribution in [-0.4, -0.2) is 11.0 Å². The van der Waals surface area contributed by atoms with Crippen LogP contribution in [0.3, 0.4) is 0 Å². The lowest BCUT2D eigenvalue weighted by Gasteiger charge is -2.66. The molecule has 6 rings (SSSR count). The first-order valence-corrected chi connectivity index (χ1v) is 15.0. The number of fused-ring (bicyclic) bond motifs is 2. The summed E-state index contributed by atoms with van der Waals surface area (Å²) in [6.45, 7) is 12.1. The van der Waals surface area contributed by atoms with Crippen LogP contribution in [0.25, 0.3) is 11.6 Å². The summed E-state index contributed by atoms with van der Waals surface area (Å²) < 4.78 is 0.0345. The van der Waals surface area contributed by atoms with Crippen LogP contribution >= 0.6 is 11.8 Å². The molecule has 0 heterocycles. The maximum Gasteiger partial charge on any atom is 0.0493 e. The van der Waals surface area contributed by atoms with Gasteiger partial charge in [-0.25, -0.2) is 0 Å². The van der Waals surface area contributed by atoms with E-state index in [-0.39, 0.29) is 26.4 Å². The molecule has 0 aromatic heterocycles. The molecule has 1 aromatic carbocycles. The molecule has 0 aliphatic heterocycles. The average Bonchev–Trinajstić information content (AvgIpc) is 3.28. The van der Waals surface area contributed by atoms with Crippen LogP contribution in [0.5, 0.6) is 0 Å². The van der Waals surface area contributed by atoms with Crippen molar-refractivity contribution in [3.8, 4) is 0 Å². The Kier molecular flexibility index (Phi) is 5.64. The van der Waals surface area contributed by atoms with Crippen LogP contribution < -0.4 is 0 Å². The van der Waals surface area contributed by atoms with Gasteiger partial charge in [-0.3, -0.25) is 0 Å². The molecule has 0 saturated carbocycles. The van der Waals surface area contributed by atoms with Crippen molar-refractivity contribution in [1.29, 1.82) is 0 Å². The minimum Gasteiger partial charge on any atom is -0.150 e. The molecule has 1 heteroatoms. The van der Waals surface area contributed by atoms with Crippen molar-refractivity contribution < 1.29 is 0 Å². The van der Waals surface area contributed by atoms with E-state index in [0.29, 0.717) is 0 Å². The Bertz CT molecular complexity index is 1510. The normalized spacial score (nSPS) is 34.6. The van der Waals surface area contributed by atoms with Gasteiger partial charge in [-0.1, -0.05) is 149 Å². The molecule has 0 nitrogen and oxygen atoms in total. The predicted molar refractivity (Wildman–Crippen MR) is 168 cm³/mol. The fourth-order valence-corrected chi connectivity index (χ4v) is 7.64. The van der Waals surface area contributed by atoms with E-state index >= 15 is 0 Å². The first-order valence-electron chi connectivity index (χ1n) is 13.7. The zero-order chi connectivity index (χ0) is 26.8. The Morgan fingerprint density at radius 2 is 1.39 bits per heavy atom. The van der Waals surface area contributed by atoms with Crippen molar-refractivity contribution in [2.45, 2.75) is 39.4 Å².